The Bertz CT molecular complexity index is 357. The molecule has 1 heterocycles. The molecule has 2 atom stereocenters. The quantitative estimate of drug-likeness (QED) is 0.462. The van der Waals surface area contributed by atoms with Gasteiger partial charge >= 0.3 is 0 Å². The van der Waals surface area contributed by atoms with Crippen LogP contribution in [0.4, 0.5) is 0 Å². The van der Waals surface area contributed by atoms with Gasteiger partial charge in [0.1, 0.15) is 0 Å². The molecule has 0 radical (unpaired) electrons. The minimum absolute atomic E-state index is 0.0302. The molecule has 0 spiro atoms. The van der Waals surface area contributed by atoms with Crippen LogP contribution < -0.4 is 0 Å². The van der Waals surface area contributed by atoms with Crippen LogP contribution in [-0.2, 0) is 9.59 Å². The predicted octanol–water partition coefficient (Wildman–Crippen LogP) is 1.84. The first-order chi connectivity index (χ1) is 7.18. The molecule has 1 aliphatic carbocycles. The van der Waals surface area contributed by atoms with Gasteiger partial charge in [0.05, 0.1) is 11.8 Å². The lowest BCUT2D eigenvalue weighted by atomic mass is 9.59. The standard InChI is InChI=1S/C13H19NO2/c1-12(2)6-7-13(3,4)9-8(12)10(15)14(5)11(9)16/h6-9H,1-5H3. The van der Waals surface area contributed by atoms with E-state index in [0.717, 1.165) is 0 Å². The molecule has 0 saturated carbocycles. The van der Waals surface area contributed by atoms with Gasteiger partial charge in [0.2, 0.25) is 11.8 Å². The van der Waals surface area contributed by atoms with Crippen molar-refractivity contribution in [2.45, 2.75) is 27.7 Å². The molecule has 0 N–H and O–H groups in total. The van der Waals surface area contributed by atoms with Crippen LogP contribution in [0.15, 0.2) is 12.2 Å². The summed E-state index contributed by atoms with van der Waals surface area (Å²) in [7, 11) is 1.59. The molecular weight excluding hydrogens is 202 g/mol. The average Bonchev–Trinajstić information content (AvgIpc) is 2.40. The number of carbonyl (C=O) groups excluding carboxylic acids is 2. The van der Waals surface area contributed by atoms with Gasteiger partial charge in [-0.05, 0) is 10.8 Å². The Hall–Kier alpha value is -1.12. The Balaban J connectivity index is 2.57. The molecule has 0 aromatic heterocycles. The normalized spacial score (nSPS) is 35.4. The molecule has 88 valence electrons. The van der Waals surface area contributed by atoms with Crippen LogP contribution in [0.5, 0.6) is 0 Å². The Labute approximate surface area is 96.5 Å². The van der Waals surface area contributed by atoms with Crippen LogP contribution in [-0.4, -0.2) is 23.8 Å². The molecule has 2 unspecified atom stereocenters. The lowest BCUT2D eigenvalue weighted by molar-refractivity contribution is -0.138. The number of carbonyl (C=O) groups is 2. The smallest absolute Gasteiger partial charge is 0.233 e. The highest BCUT2D eigenvalue weighted by Gasteiger charge is 2.58. The molecule has 0 bridgehead atoms. The Morgan fingerprint density at radius 2 is 1.25 bits per heavy atom. The van der Waals surface area contributed by atoms with Gasteiger partial charge in [0, 0.05) is 7.05 Å². The first-order valence-corrected chi connectivity index (χ1v) is 5.70. The van der Waals surface area contributed by atoms with E-state index in [1.807, 2.05) is 27.7 Å². The maximum absolute atomic E-state index is 12.1. The minimum atomic E-state index is -0.225. The third-order valence-electron chi connectivity index (χ3n) is 4.07. The summed E-state index contributed by atoms with van der Waals surface area (Å²) < 4.78 is 0. The lowest BCUT2D eigenvalue weighted by Gasteiger charge is -2.41. The number of rotatable bonds is 0. The average molecular weight is 221 g/mol. The third kappa shape index (κ3) is 1.27. The van der Waals surface area contributed by atoms with E-state index >= 15 is 0 Å². The first-order valence-electron chi connectivity index (χ1n) is 5.70. The third-order valence-corrected chi connectivity index (χ3v) is 4.07. The molecule has 0 aromatic rings. The Morgan fingerprint density at radius 1 is 0.938 bits per heavy atom. The van der Waals surface area contributed by atoms with Crippen LogP contribution in [0.2, 0.25) is 0 Å². The highest BCUT2D eigenvalue weighted by Crippen LogP contribution is 2.52. The number of likely N-dealkylation sites (tertiary alicyclic amines) is 1. The van der Waals surface area contributed by atoms with Crippen molar-refractivity contribution in [1.82, 2.24) is 4.90 Å². The molecule has 2 aliphatic rings. The van der Waals surface area contributed by atoms with Gasteiger partial charge < -0.3 is 0 Å². The summed E-state index contributed by atoms with van der Waals surface area (Å²) in [5.74, 6) is -0.468. The second-order valence-corrected chi connectivity index (χ2v) is 6.17. The maximum atomic E-state index is 12.1. The number of nitrogens with zero attached hydrogens (tertiary/aromatic N) is 1. The van der Waals surface area contributed by atoms with Crippen molar-refractivity contribution in [3.8, 4) is 0 Å². The lowest BCUT2D eigenvalue weighted by Crippen LogP contribution is -2.42. The van der Waals surface area contributed by atoms with Crippen molar-refractivity contribution >= 4 is 11.8 Å². The molecule has 2 amide bonds. The summed E-state index contributed by atoms with van der Waals surface area (Å²) in [6.45, 7) is 8.11. The second-order valence-electron chi connectivity index (χ2n) is 6.17. The number of fused-ring (bicyclic) bond motifs is 1. The van der Waals surface area contributed by atoms with Gasteiger partial charge in [-0.15, -0.1) is 0 Å². The summed E-state index contributed by atoms with van der Waals surface area (Å²) >= 11 is 0. The Morgan fingerprint density at radius 3 is 1.56 bits per heavy atom. The molecule has 0 aromatic carbocycles. The van der Waals surface area contributed by atoms with E-state index in [4.69, 9.17) is 0 Å². The molecule has 2 rings (SSSR count). The van der Waals surface area contributed by atoms with Crippen LogP contribution >= 0.6 is 0 Å². The zero-order valence-corrected chi connectivity index (χ0v) is 10.6. The molecule has 3 nitrogen and oxygen atoms in total. The van der Waals surface area contributed by atoms with E-state index in [0.29, 0.717) is 0 Å². The molecule has 1 saturated heterocycles. The van der Waals surface area contributed by atoms with Crippen molar-refractivity contribution in [3.63, 3.8) is 0 Å². The van der Waals surface area contributed by atoms with Crippen molar-refractivity contribution in [3.05, 3.63) is 12.2 Å². The van der Waals surface area contributed by atoms with Crippen LogP contribution in [0.25, 0.3) is 0 Å². The van der Waals surface area contributed by atoms with Gasteiger partial charge in [-0.1, -0.05) is 39.8 Å². The van der Waals surface area contributed by atoms with Crippen LogP contribution in [0.3, 0.4) is 0 Å². The highest BCUT2D eigenvalue weighted by atomic mass is 16.2. The fraction of sp³-hybridized carbons (Fsp3) is 0.692. The predicted molar refractivity (Wildman–Crippen MR) is 61.5 cm³/mol. The zero-order chi connectivity index (χ0) is 12.3. The molecular formula is C13H19NO2. The van der Waals surface area contributed by atoms with E-state index in [1.54, 1.807) is 7.05 Å². The number of hydrogen-bond donors (Lipinski definition) is 0. The fourth-order valence-corrected chi connectivity index (χ4v) is 2.94. The number of allylic oxidation sites excluding steroid dienone is 2. The Kier molecular flexibility index (Phi) is 2.10. The van der Waals surface area contributed by atoms with Gasteiger partial charge in [0.15, 0.2) is 0 Å². The zero-order valence-electron chi connectivity index (χ0n) is 10.6. The van der Waals surface area contributed by atoms with E-state index in [9.17, 15) is 9.59 Å². The highest BCUT2D eigenvalue weighted by molar-refractivity contribution is 6.06. The van der Waals surface area contributed by atoms with E-state index in [-0.39, 0.29) is 34.5 Å². The van der Waals surface area contributed by atoms with Gasteiger partial charge in [0.25, 0.3) is 0 Å². The SMILES string of the molecule is CN1C(=O)C2C(C1=O)C(C)(C)C=CC2(C)C. The largest absolute Gasteiger partial charge is 0.285 e. The van der Waals surface area contributed by atoms with Gasteiger partial charge in [-0.25, -0.2) is 0 Å². The molecule has 3 heteroatoms. The summed E-state index contributed by atoms with van der Waals surface area (Å²) in [6, 6.07) is 0. The number of imide groups is 1. The molecule has 1 aliphatic heterocycles. The minimum Gasteiger partial charge on any atom is -0.285 e. The van der Waals surface area contributed by atoms with Crippen molar-refractivity contribution in [1.29, 1.82) is 0 Å². The fourth-order valence-electron chi connectivity index (χ4n) is 2.94. The van der Waals surface area contributed by atoms with E-state index in [2.05, 4.69) is 12.2 Å². The summed E-state index contributed by atoms with van der Waals surface area (Å²) in [4.78, 5) is 25.5. The second kappa shape index (κ2) is 2.96. The molecule has 16 heavy (non-hydrogen) atoms. The number of amides is 2. The van der Waals surface area contributed by atoms with E-state index in [1.165, 1.54) is 4.90 Å². The summed E-state index contributed by atoms with van der Waals surface area (Å²) in [5.41, 5.74) is -0.449. The maximum Gasteiger partial charge on any atom is 0.233 e. The van der Waals surface area contributed by atoms with Gasteiger partial charge in [-0.3, -0.25) is 14.5 Å². The van der Waals surface area contributed by atoms with E-state index < -0.39 is 0 Å². The van der Waals surface area contributed by atoms with Crippen molar-refractivity contribution in [2.75, 3.05) is 7.05 Å². The monoisotopic (exact) mass is 221 g/mol. The van der Waals surface area contributed by atoms with Crippen LogP contribution in [0.1, 0.15) is 27.7 Å². The summed E-state index contributed by atoms with van der Waals surface area (Å²) in [6.07, 6.45) is 4.16. The summed E-state index contributed by atoms with van der Waals surface area (Å²) in [5, 5.41) is 0. The number of hydrogen-bond acceptors (Lipinski definition) is 2. The van der Waals surface area contributed by atoms with Crippen molar-refractivity contribution in [2.24, 2.45) is 22.7 Å². The van der Waals surface area contributed by atoms with Gasteiger partial charge in [-0.2, -0.15) is 0 Å². The molecule has 1 fully saturated rings. The first kappa shape index (κ1) is 11.4. The van der Waals surface area contributed by atoms with Crippen molar-refractivity contribution < 1.29 is 9.59 Å². The topological polar surface area (TPSA) is 37.4 Å². The van der Waals surface area contributed by atoms with Crippen LogP contribution in [0, 0.1) is 22.7 Å².